The lowest BCUT2D eigenvalue weighted by Crippen LogP contribution is -1.92. The average molecular weight is 191 g/mol. The van der Waals surface area contributed by atoms with Crippen molar-refractivity contribution in [2.45, 2.75) is 0 Å². The van der Waals surface area contributed by atoms with Gasteiger partial charge in [0, 0.05) is 12.7 Å². The van der Waals surface area contributed by atoms with E-state index < -0.39 is 0 Å². The molecule has 3 N–H and O–H groups in total. The lowest BCUT2D eigenvalue weighted by Gasteiger charge is -2.06. The topological polar surface area (TPSA) is 38.0 Å². The summed E-state index contributed by atoms with van der Waals surface area (Å²) in [6.45, 7) is 0. The van der Waals surface area contributed by atoms with Crippen molar-refractivity contribution >= 4 is 34.6 Å². The van der Waals surface area contributed by atoms with Gasteiger partial charge in [0.2, 0.25) is 0 Å². The molecule has 0 atom stereocenters. The molecule has 11 heavy (non-hydrogen) atoms. The number of benzene rings is 1. The smallest absolute Gasteiger partial charge is 0.0717 e. The standard InChI is InChI=1S/C7H8Cl2N2/c1-11-7-5(8)2-4(10)3-6(7)9/h2-3,11H,10H2,1H3. The number of nitrogens with one attached hydrogen (secondary N) is 1. The minimum absolute atomic E-state index is 0.539. The van der Waals surface area contributed by atoms with Crippen LogP contribution in [0.15, 0.2) is 12.1 Å². The van der Waals surface area contributed by atoms with E-state index in [1.165, 1.54) is 0 Å². The van der Waals surface area contributed by atoms with Crippen LogP contribution < -0.4 is 11.1 Å². The molecule has 0 fully saturated rings. The molecule has 0 amide bonds. The summed E-state index contributed by atoms with van der Waals surface area (Å²) in [7, 11) is 1.75. The number of nitrogen functional groups attached to an aromatic ring is 1. The van der Waals surface area contributed by atoms with E-state index in [4.69, 9.17) is 28.9 Å². The number of anilines is 2. The van der Waals surface area contributed by atoms with E-state index in [1.54, 1.807) is 19.2 Å². The largest absolute Gasteiger partial charge is 0.399 e. The van der Waals surface area contributed by atoms with Crippen LogP contribution in [0.3, 0.4) is 0 Å². The van der Waals surface area contributed by atoms with Gasteiger partial charge < -0.3 is 11.1 Å². The van der Waals surface area contributed by atoms with Crippen molar-refractivity contribution in [3.8, 4) is 0 Å². The number of rotatable bonds is 1. The minimum atomic E-state index is 0.539. The molecule has 1 rings (SSSR count). The van der Waals surface area contributed by atoms with Gasteiger partial charge in [0.15, 0.2) is 0 Å². The molecular weight excluding hydrogens is 183 g/mol. The Morgan fingerprint density at radius 2 is 1.73 bits per heavy atom. The Hall–Kier alpha value is -0.600. The Balaban J connectivity index is 3.25. The second kappa shape index (κ2) is 3.20. The van der Waals surface area contributed by atoms with E-state index in [0.717, 1.165) is 0 Å². The molecule has 0 bridgehead atoms. The van der Waals surface area contributed by atoms with Gasteiger partial charge in [-0.1, -0.05) is 23.2 Å². The second-order valence-electron chi connectivity index (χ2n) is 2.11. The maximum atomic E-state index is 5.81. The summed E-state index contributed by atoms with van der Waals surface area (Å²) < 4.78 is 0. The lowest BCUT2D eigenvalue weighted by molar-refractivity contribution is 1.51. The molecule has 1 aromatic rings. The van der Waals surface area contributed by atoms with Crippen molar-refractivity contribution in [2.24, 2.45) is 0 Å². The minimum Gasteiger partial charge on any atom is -0.399 e. The van der Waals surface area contributed by atoms with E-state index in [1.807, 2.05) is 0 Å². The van der Waals surface area contributed by atoms with E-state index in [9.17, 15) is 0 Å². The summed E-state index contributed by atoms with van der Waals surface area (Å²) in [4.78, 5) is 0. The normalized spacial score (nSPS) is 9.73. The molecule has 0 aliphatic carbocycles. The molecule has 0 spiro atoms. The molecule has 1 aromatic carbocycles. The summed E-state index contributed by atoms with van der Waals surface area (Å²) in [5.74, 6) is 0. The van der Waals surface area contributed by atoms with Crippen molar-refractivity contribution in [3.63, 3.8) is 0 Å². The van der Waals surface area contributed by atoms with Crippen molar-refractivity contribution < 1.29 is 0 Å². The molecule has 0 saturated heterocycles. The second-order valence-corrected chi connectivity index (χ2v) is 2.92. The number of hydrogen-bond donors (Lipinski definition) is 2. The van der Waals surface area contributed by atoms with Gasteiger partial charge in [0.1, 0.15) is 0 Å². The van der Waals surface area contributed by atoms with Crippen LogP contribution in [0.25, 0.3) is 0 Å². The van der Waals surface area contributed by atoms with E-state index >= 15 is 0 Å². The van der Waals surface area contributed by atoms with E-state index in [0.29, 0.717) is 21.4 Å². The van der Waals surface area contributed by atoms with Crippen LogP contribution in [0, 0.1) is 0 Å². The molecule has 0 unspecified atom stereocenters. The van der Waals surface area contributed by atoms with Crippen molar-refractivity contribution in [1.29, 1.82) is 0 Å². The zero-order chi connectivity index (χ0) is 8.43. The lowest BCUT2D eigenvalue weighted by atomic mass is 10.3. The van der Waals surface area contributed by atoms with Gasteiger partial charge in [0.05, 0.1) is 15.7 Å². The van der Waals surface area contributed by atoms with Crippen LogP contribution in [-0.2, 0) is 0 Å². The maximum absolute atomic E-state index is 5.81. The third-order valence-corrected chi connectivity index (χ3v) is 1.91. The average Bonchev–Trinajstić information content (AvgIpc) is 1.85. The third kappa shape index (κ3) is 1.70. The van der Waals surface area contributed by atoms with Gasteiger partial charge in [-0.05, 0) is 12.1 Å². The van der Waals surface area contributed by atoms with Gasteiger partial charge >= 0.3 is 0 Å². The molecule has 4 heteroatoms. The Labute approximate surface area is 75.3 Å². The Morgan fingerprint density at radius 3 is 2.09 bits per heavy atom. The summed E-state index contributed by atoms with van der Waals surface area (Å²) in [5.41, 5.74) is 6.77. The molecular formula is C7H8Cl2N2. The van der Waals surface area contributed by atoms with Crippen LogP contribution >= 0.6 is 23.2 Å². The summed E-state index contributed by atoms with van der Waals surface area (Å²) >= 11 is 11.6. The van der Waals surface area contributed by atoms with E-state index in [2.05, 4.69) is 5.32 Å². The molecule has 0 aliphatic heterocycles. The third-order valence-electron chi connectivity index (χ3n) is 1.31. The zero-order valence-corrected chi connectivity index (χ0v) is 7.50. The molecule has 0 aliphatic rings. The van der Waals surface area contributed by atoms with Crippen molar-refractivity contribution in [1.82, 2.24) is 0 Å². The Morgan fingerprint density at radius 1 is 1.27 bits per heavy atom. The maximum Gasteiger partial charge on any atom is 0.0717 e. The highest BCUT2D eigenvalue weighted by atomic mass is 35.5. The van der Waals surface area contributed by atoms with Crippen LogP contribution in [0.1, 0.15) is 0 Å². The highest BCUT2D eigenvalue weighted by molar-refractivity contribution is 6.39. The van der Waals surface area contributed by atoms with Gasteiger partial charge in [-0.25, -0.2) is 0 Å². The predicted molar refractivity (Wildman–Crippen MR) is 50.4 cm³/mol. The van der Waals surface area contributed by atoms with Gasteiger partial charge in [0.25, 0.3) is 0 Å². The molecule has 2 nitrogen and oxygen atoms in total. The van der Waals surface area contributed by atoms with Gasteiger partial charge in [-0.2, -0.15) is 0 Å². The molecule has 60 valence electrons. The molecule has 0 heterocycles. The quantitative estimate of drug-likeness (QED) is 0.669. The highest BCUT2D eigenvalue weighted by Crippen LogP contribution is 2.31. The summed E-state index contributed by atoms with van der Waals surface area (Å²) in [6, 6.07) is 3.30. The number of hydrogen-bond acceptors (Lipinski definition) is 2. The number of halogens is 2. The van der Waals surface area contributed by atoms with Crippen LogP contribution in [0.2, 0.25) is 10.0 Å². The Bertz CT molecular complexity index is 250. The van der Waals surface area contributed by atoms with Crippen molar-refractivity contribution in [2.75, 3.05) is 18.1 Å². The SMILES string of the molecule is CNc1c(Cl)cc(N)cc1Cl. The zero-order valence-electron chi connectivity index (χ0n) is 5.99. The van der Waals surface area contributed by atoms with Crippen LogP contribution in [0.5, 0.6) is 0 Å². The van der Waals surface area contributed by atoms with E-state index in [-0.39, 0.29) is 0 Å². The monoisotopic (exact) mass is 190 g/mol. The first-order valence-corrected chi connectivity index (χ1v) is 3.83. The molecule has 0 saturated carbocycles. The first-order chi connectivity index (χ1) is 5.15. The van der Waals surface area contributed by atoms with Gasteiger partial charge in [-0.3, -0.25) is 0 Å². The predicted octanol–water partition coefficient (Wildman–Crippen LogP) is 2.62. The van der Waals surface area contributed by atoms with Crippen molar-refractivity contribution in [3.05, 3.63) is 22.2 Å². The first-order valence-electron chi connectivity index (χ1n) is 3.07. The first kappa shape index (κ1) is 8.50. The molecule has 0 aromatic heterocycles. The summed E-state index contributed by atoms with van der Waals surface area (Å²) in [6.07, 6.45) is 0. The fourth-order valence-electron chi connectivity index (χ4n) is 0.832. The number of nitrogens with two attached hydrogens (primary N) is 1. The fourth-order valence-corrected chi connectivity index (χ4v) is 1.52. The molecule has 0 radical (unpaired) electrons. The summed E-state index contributed by atoms with van der Waals surface area (Å²) in [5, 5.41) is 3.95. The van der Waals surface area contributed by atoms with Crippen LogP contribution in [-0.4, -0.2) is 7.05 Å². The highest BCUT2D eigenvalue weighted by Gasteiger charge is 2.03. The van der Waals surface area contributed by atoms with Gasteiger partial charge in [-0.15, -0.1) is 0 Å². The van der Waals surface area contributed by atoms with Crippen LogP contribution in [0.4, 0.5) is 11.4 Å². The Kier molecular flexibility index (Phi) is 2.47. The fraction of sp³-hybridized carbons (Fsp3) is 0.143.